The van der Waals surface area contributed by atoms with E-state index in [0.29, 0.717) is 6.04 Å². The van der Waals surface area contributed by atoms with E-state index in [0.717, 1.165) is 30.6 Å². The molecule has 0 N–H and O–H groups in total. The fraction of sp³-hybridized carbons (Fsp3) is 0.407. The van der Waals surface area contributed by atoms with Crippen LogP contribution in [0.15, 0.2) is 54.9 Å². The Kier molecular flexibility index (Phi) is 4.96. The van der Waals surface area contributed by atoms with Gasteiger partial charge in [-0.2, -0.15) is 5.10 Å². The van der Waals surface area contributed by atoms with Gasteiger partial charge in [0.15, 0.2) is 0 Å². The zero-order valence-corrected chi connectivity index (χ0v) is 18.8. The maximum atomic E-state index is 13.4. The van der Waals surface area contributed by atoms with E-state index in [2.05, 4.69) is 67.2 Å². The molecular weight excluding hydrogens is 382 g/mol. The first kappa shape index (κ1) is 20.0. The van der Waals surface area contributed by atoms with Crippen molar-refractivity contribution in [2.75, 3.05) is 0 Å². The van der Waals surface area contributed by atoms with E-state index >= 15 is 0 Å². The summed E-state index contributed by atoms with van der Waals surface area (Å²) in [5.74, 6) is 0.227. The van der Waals surface area contributed by atoms with Crippen LogP contribution in [0.3, 0.4) is 0 Å². The second kappa shape index (κ2) is 7.67. The van der Waals surface area contributed by atoms with Crippen molar-refractivity contribution in [2.24, 2.45) is 5.41 Å². The number of carbonyl (C=O) groups excluding carboxylic acids is 1. The number of aryl methyl sites for hydroxylation is 1. The summed E-state index contributed by atoms with van der Waals surface area (Å²) < 4.78 is 1.87. The van der Waals surface area contributed by atoms with Crippen LogP contribution in [0.2, 0.25) is 0 Å². The Morgan fingerprint density at radius 1 is 1.13 bits per heavy atom. The van der Waals surface area contributed by atoms with E-state index in [9.17, 15) is 4.79 Å². The van der Waals surface area contributed by atoms with Crippen molar-refractivity contribution in [2.45, 2.75) is 65.5 Å². The molecule has 2 heterocycles. The van der Waals surface area contributed by atoms with Crippen molar-refractivity contribution in [1.29, 1.82) is 0 Å². The van der Waals surface area contributed by atoms with Crippen molar-refractivity contribution in [3.63, 3.8) is 0 Å². The SMILES string of the molecule is Cc1cc2c(cc1Cc1ccc(-n3cccn3)cc1)C(=O)N(C1CCCCC1(C)C)C2. The summed E-state index contributed by atoms with van der Waals surface area (Å²) in [6.45, 7) is 7.60. The van der Waals surface area contributed by atoms with Gasteiger partial charge in [0.1, 0.15) is 0 Å². The Bertz CT molecular complexity index is 1100. The molecule has 31 heavy (non-hydrogen) atoms. The quantitative estimate of drug-likeness (QED) is 0.550. The molecule has 2 aromatic carbocycles. The Labute approximate surface area is 184 Å². The van der Waals surface area contributed by atoms with Gasteiger partial charge in [-0.05, 0) is 78.1 Å². The van der Waals surface area contributed by atoms with Crippen molar-refractivity contribution < 1.29 is 4.79 Å². The van der Waals surface area contributed by atoms with Crippen LogP contribution in [-0.4, -0.2) is 26.6 Å². The lowest BCUT2D eigenvalue weighted by Gasteiger charge is -2.43. The average Bonchev–Trinajstić information content (AvgIpc) is 3.38. The van der Waals surface area contributed by atoms with Crippen molar-refractivity contribution in [3.05, 3.63) is 82.7 Å². The first-order valence-electron chi connectivity index (χ1n) is 11.4. The zero-order chi connectivity index (χ0) is 21.6. The highest BCUT2D eigenvalue weighted by Gasteiger charge is 2.41. The first-order chi connectivity index (χ1) is 14.9. The number of benzene rings is 2. The van der Waals surface area contributed by atoms with Crippen LogP contribution in [0, 0.1) is 12.3 Å². The van der Waals surface area contributed by atoms with E-state index in [1.807, 2.05) is 16.9 Å². The first-order valence-corrected chi connectivity index (χ1v) is 11.4. The summed E-state index contributed by atoms with van der Waals surface area (Å²) >= 11 is 0. The van der Waals surface area contributed by atoms with Crippen LogP contribution < -0.4 is 0 Å². The normalized spacial score (nSPS) is 20.2. The Morgan fingerprint density at radius 3 is 2.65 bits per heavy atom. The zero-order valence-electron chi connectivity index (χ0n) is 18.8. The molecule has 4 heteroatoms. The molecule has 1 atom stereocenters. The van der Waals surface area contributed by atoms with Crippen LogP contribution in [0.5, 0.6) is 0 Å². The summed E-state index contributed by atoms with van der Waals surface area (Å²) in [5.41, 5.74) is 7.12. The van der Waals surface area contributed by atoms with E-state index in [1.54, 1.807) is 6.20 Å². The van der Waals surface area contributed by atoms with E-state index in [-0.39, 0.29) is 11.3 Å². The highest BCUT2D eigenvalue weighted by Crippen LogP contribution is 2.42. The second-order valence-corrected chi connectivity index (χ2v) is 9.91. The number of amides is 1. The van der Waals surface area contributed by atoms with E-state index < -0.39 is 0 Å². The maximum Gasteiger partial charge on any atom is 0.254 e. The number of nitrogens with zero attached hydrogens (tertiary/aromatic N) is 3. The molecule has 1 unspecified atom stereocenters. The molecule has 1 saturated carbocycles. The maximum absolute atomic E-state index is 13.4. The van der Waals surface area contributed by atoms with Crippen LogP contribution >= 0.6 is 0 Å². The molecule has 5 rings (SSSR count). The van der Waals surface area contributed by atoms with Gasteiger partial charge in [-0.3, -0.25) is 4.79 Å². The lowest BCUT2D eigenvalue weighted by atomic mass is 9.72. The monoisotopic (exact) mass is 413 g/mol. The van der Waals surface area contributed by atoms with Gasteiger partial charge < -0.3 is 4.90 Å². The minimum absolute atomic E-state index is 0.199. The summed E-state index contributed by atoms with van der Waals surface area (Å²) in [7, 11) is 0. The molecule has 1 fully saturated rings. The number of hydrogen-bond donors (Lipinski definition) is 0. The number of aromatic nitrogens is 2. The number of hydrogen-bond acceptors (Lipinski definition) is 2. The molecule has 4 nitrogen and oxygen atoms in total. The molecule has 0 saturated heterocycles. The van der Waals surface area contributed by atoms with E-state index in [1.165, 1.54) is 41.5 Å². The third-order valence-corrected chi connectivity index (χ3v) is 7.32. The Balaban J connectivity index is 1.38. The molecule has 1 aliphatic heterocycles. The van der Waals surface area contributed by atoms with Crippen LogP contribution in [-0.2, 0) is 13.0 Å². The Hall–Kier alpha value is -2.88. The standard InChI is InChI=1S/C27H31N3O/c1-19-15-22-18-29(25-7-4-5-12-27(25,2)3)26(31)24(22)17-21(19)16-20-8-10-23(11-9-20)30-14-6-13-28-30/h6,8-11,13-15,17,25H,4-5,7,12,16,18H2,1-3H3. The van der Waals surface area contributed by atoms with Gasteiger partial charge >= 0.3 is 0 Å². The van der Waals surface area contributed by atoms with Crippen molar-refractivity contribution >= 4 is 5.91 Å². The Morgan fingerprint density at radius 2 is 1.94 bits per heavy atom. The third kappa shape index (κ3) is 3.69. The molecule has 0 radical (unpaired) electrons. The third-order valence-electron chi connectivity index (χ3n) is 7.32. The summed E-state index contributed by atoms with van der Waals surface area (Å²) in [5, 5.41) is 4.29. The number of fused-ring (bicyclic) bond motifs is 1. The summed E-state index contributed by atoms with van der Waals surface area (Å²) in [4.78, 5) is 15.6. The molecular formula is C27H31N3O. The van der Waals surface area contributed by atoms with Crippen molar-refractivity contribution in [3.8, 4) is 5.69 Å². The lowest BCUT2D eigenvalue weighted by molar-refractivity contribution is 0.0361. The van der Waals surface area contributed by atoms with E-state index in [4.69, 9.17) is 0 Å². The van der Waals surface area contributed by atoms with Crippen molar-refractivity contribution in [1.82, 2.24) is 14.7 Å². The van der Waals surface area contributed by atoms with Crippen LogP contribution in [0.4, 0.5) is 0 Å². The molecule has 1 amide bonds. The van der Waals surface area contributed by atoms with Gasteiger partial charge in [0.25, 0.3) is 5.91 Å². The second-order valence-electron chi connectivity index (χ2n) is 9.91. The summed E-state index contributed by atoms with van der Waals surface area (Å²) in [6, 6.07) is 15.2. The number of rotatable bonds is 4. The van der Waals surface area contributed by atoms with Crippen LogP contribution in [0.1, 0.15) is 72.1 Å². The highest BCUT2D eigenvalue weighted by molar-refractivity contribution is 5.99. The molecule has 1 aliphatic carbocycles. The lowest BCUT2D eigenvalue weighted by Crippen LogP contribution is -2.47. The molecule has 0 bridgehead atoms. The highest BCUT2D eigenvalue weighted by atomic mass is 16.2. The largest absolute Gasteiger partial charge is 0.331 e. The van der Waals surface area contributed by atoms with Gasteiger partial charge in [-0.15, -0.1) is 0 Å². The predicted molar refractivity (Wildman–Crippen MR) is 123 cm³/mol. The van der Waals surface area contributed by atoms with Crippen LogP contribution in [0.25, 0.3) is 5.69 Å². The van der Waals surface area contributed by atoms with Gasteiger partial charge in [0.05, 0.1) is 5.69 Å². The molecule has 2 aliphatic rings. The fourth-order valence-corrected chi connectivity index (χ4v) is 5.46. The minimum atomic E-state index is 0.199. The summed E-state index contributed by atoms with van der Waals surface area (Å²) in [6.07, 6.45) is 9.41. The average molecular weight is 414 g/mol. The topological polar surface area (TPSA) is 38.1 Å². The van der Waals surface area contributed by atoms with Gasteiger partial charge in [0, 0.05) is 30.5 Å². The van der Waals surface area contributed by atoms with Gasteiger partial charge in [-0.1, -0.05) is 44.9 Å². The fourth-order valence-electron chi connectivity index (χ4n) is 5.46. The predicted octanol–water partition coefficient (Wildman–Crippen LogP) is 5.70. The molecule has 160 valence electrons. The van der Waals surface area contributed by atoms with Gasteiger partial charge in [0.2, 0.25) is 0 Å². The molecule has 3 aromatic rings. The minimum Gasteiger partial charge on any atom is -0.331 e. The molecule has 1 aromatic heterocycles. The number of carbonyl (C=O) groups is 1. The molecule has 0 spiro atoms. The van der Waals surface area contributed by atoms with Gasteiger partial charge in [-0.25, -0.2) is 4.68 Å². The smallest absolute Gasteiger partial charge is 0.254 e.